The molecule has 0 amide bonds. The summed E-state index contributed by atoms with van der Waals surface area (Å²) in [4.78, 5) is -0.115. The number of halogens is 1. The van der Waals surface area contributed by atoms with Crippen molar-refractivity contribution in [2.45, 2.75) is 11.0 Å². The monoisotopic (exact) mass is 294 g/mol. The van der Waals surface area contributed by atoms with Gasteiger partial charge in [-0.2, -0.15) is 0 Å². The quantitative estimate of drug-likeness (QED) is 0.657. The molecule has 8 heteroatoms. The Hall–Kier alpha value is -1.02. The number of ether oxygens (including phenoxy) is 1. The lowest BCUT2D eigenvalue weighted by Gasteiger charge is -2.12. The van der Waals surface area contributed by atoms with Crippen LogP contribution in [0.1, 0.15) is 0 Å². The molecule has 0 aliphatic carbocycles. The molecule has 0 bridgehead atoms. The number of rotatable bonds is 6. The maximum atomic E-state index is 11.4. The number of nitrogens with one attached hydrogen (secondary N) is 1. The smallest absolute Gasteiger partial charge is 0.241 e. The lowest BCUT2D eigenvalue weighted by atomic mass is 10.3. The molecule has 0 saturated heterocycles. The van der Waals surface area contributed by atoms with E-state index in [1.807, 2.05) is 0 Å². The second-order valence-electron chi connectivity index (χ2n) is 3.60. The number of nitrogens with two attached hydrogens (primary N) is 1. The number of aliphatic hydroxyl groups excluding tert-OH is 1. The summed E-state index contributed by atoms with van der Waals surface area (Å²) in [6.45, 7) is 0.208. The van der Waals surface area contributed by atoms with Crippen LogP contribution in [0.25, 0.3) is 0 Å². The number of methoxy groups -OCH3 is 1. The first kappa shape index (κ1) is 15.0. The van der Waals surface area contributed by atoms with Crippen LogP contribution in [-0.4, -0.2) is 39.2 Å². The molecule has 0 aliphatic heterocycles. The Morgan fingerprint density at radius 3 is 2.72 bits per heavy atom. The maximum absolute atomic E-state index is 11.4. The minimum Gasteiger partial charge on any atom is -0.495 e. The summed E-state index contributed by atoms with van der Waals surface area (Å²) in [7, 11) is -2.51. The Bertz CT molecular complexity index is 507. The predicted octanol–water partition coefficient (Wildman–Crippen LogP) is 0.354. The van der Waals surface area contributed by atoms with Gasteiger partial charge in [-0.05, 0) is 18.2 Å². The molecule has 0 fully saturated rings. The predicted molar refractivity (Wildman–Crippen MR) is 69.6 cm³/mol. The summed E-state index contributed by atoms with van der Waals surface area (Å²) in [5.74, 6) is 0.256. The van der Waals surface area contributed by atoms with Crippen molar-refractivity contribution in [2.75, 3.05) is 24.9 Å². The zero-order valence-electron chi connectivity index (χ0n) is 9.76. The minimum atomic E-state index is -3.87. The largest absolute Gasteiger partial charge is 0.495 e. The van der Waals surface area contributed by atoms with Crippen LogP contribution in [0.2, 0.25) is 0 Å². The number of benzene rings is 1. The van der Waals surface area contributed by atoms with Crippen LogP contribution in [0, 0.1) is 0 Å². The van der Waals surface area contributed by atoms with Crippen molar-refractivity contribution < 1.29 is 18.3 Å². The van der Waals surface area contributed by atoms with E-state index < -0.39 is 16.1 Å². The van der Waals surface area contributed by atoms with Gasteiger partial charge in [-0.15, -0.1) is 11.6 Å². The number of hydrogen-bond donors (Lipinski definition) is 3. The summed E-state index contributed by atoms with van der Waals surface area (Å²) in [6, 6.07) is 4.44. The van der Waals surface area contributed by atoms with Gasteiger partial charge in [0, 0.05) is 12.2 Å². The van der Waals surface area contributed by atoms with E-state index in [1.54, 1.807) is 6.07 Å². The molecule has 6 nitrogen and oxygen atoms in total. The van der Waals surface area contributed by atoms with Crippen molar-refractivity contribution in [2.24, 2.45) is 5.14 Å². The van der Waals surface area contributed by atoms with Gasteiger partial charge in [0.2, 0.25) is 10.0 Å². The summed E-state index contributed by atoms with van der Waals surface area (Å²) in [5, 5.41) is 17.2. The van der Waals surface area contributed by atoms with Crippen LogP contribution < -0.4 is 15.2 Å². The molecule has 0 radical (unpaired) electrons. The first-order valence-corrected chi connectivity index (χ1v) is 7.15. The Morgan fingerprint density at radius 2 is 2.22 bits per heavy atom. The fraction of sp³-hybridized carbons (Fsp3) is 0.400. The molecule has 18 heavy (non-hydrogen) atoms. The molecule has 0 saturated carbocycles. The fourth-order valence-electron chi connectivity index (χ4n) is 1.30. The molecule has 1 atom stereocenters. The van der Waals surface area contributed by atoms with Crippen molar-refractivity contribution >= 4 is 27.3 Å². The van der Waals surface area contributed by atoms with E-state index in [0.717, 1.165) is 0 Å². The summed E-state index contributed by atoms with van der Waals surface area (Å²) in [5.41, 5.74) is 0.504. The van der Waals surface area contributed by atoms with E-state index in [1.165, 1.54) is 19.2 Å². The Morgan fingerprint density at radius 1 is 1.56 bits per heavy atom. The molecule has 0 aliphatic rings. The lowest BCUT2D eigenvalue weighted by Crippen LogP contribution is -2.21. The van der Waals surface area contributed by atoms with Crippen LogP contribution in [0.3, 0.4) is 0 Å². The number of hydrogen-bond acceptors (Lipinski definition) is 5. The van der Waals surface area contributed by atoms with Crippen molar-refractivity contribution in [3.05, 3.63) is 18.2 Å². The van der Waals surface area contributed by atoms with Crippen LogP contribution in [0.4, 0.5) is 5.69 Å². The third kappa shape index (κ3) is 4.02. The Kier molecular flexibility index (Phi) is 5.21. The highest BCUT2D eigenvalue weighted by molar-refractivity contribution is 7.89. The first-order chi connectivity index (χ1) is 8.38. The Balaban J connectivity index is 2.97. The molecular weight excluding hydrogens is 280 g/mol. The standard InChI is InChI=1S/C10H15ClN2O4S/c1-17-9-3-2-7(13-6-8(14)5-11)4-10(9)18(12,15)16/h2-4,8,13-14H,5-6H2,1H3,(H2,12,15,16). The summed E-state index contributed by atoms with van der Waals surface area (Å²) < 4.78 is 27.6. The van der Waals surface area contributed by atoms with Gasteiger partial charge in [0.15, 0.2) is 0 Å². The van der Waals surface area contributed by atoms with E-state index in [0.29, 0.717) is 5.69 Å². The molecule has 1 unspecified atom stereocenters. The Labute approximate surface area is 111 Å². The molecule has 1 aromatic rings. The lowest BCUT2D eigenvalue weighted by molar-refractivity contribution is 0.211. The highest BCUT2D eigenvalue weighted by Crippen LogP contribution is 2.25. The van der Waals surface area contributed by atoms with Gasteiger partial charge in [-0.1, -0.05) is 0 Å². The van der Waals surface area contributed by atoms with Gasteiger partial charge in [0.1, 0.15) is 10.6 Å². The molecule has 0 aromatic heterocycles. The minimum absolute atomic E-state index is 0.0885. The van der Waals surface area contributed by atoms with Gasteiger partial charge in [-0.3, -0.25) is 0 Å². The number of primary sulfonamides is 1. The van der Waals surface area contributed by atoms with Crippen molar-refractivity contribution in [1.82, 2.24) is 0 Å². The van der Waals surface area contributed by atoms with Crippen molar-refractivity contribution in [1.29, 1.82) is 0 Å². The average Bonchev–Trinajstić information content (AvgIpc) is 2.34. The maximum Gasteiger partial charge on any atom is 0.241 e. The van der Waals surface area contributed by atoms with Crippen molar-refractivity contribution in [3.63, 3.8) is 0 Å². The average molecular weight is 295 g/mol. The van der Waals surface area contributed by atoms with Crippen LogP contribution in [-0.2, 0) is 10.0 Å². The van der Waals surface area contributed by atoms with Gasteiger partial charge in [0.25, 0.3) is 0 Å². The zero-order valence-corrected chi connectivity index (χ0v) is 11.3. The van der Waals surface area contributed by atoms with E-state index in [9.17, 15) is 13.5 Å². The number of aliphatic hydroxyl groups is 1. The highest BCUT2D eigenvalue weighted by atomic mass is 35.5. The van der Waals surface area contributed by atoms with Gasteiger partial charge < -0.3 is 15.2 Å². The third-order valence-corrected chi connectivity index (χ3v) is 3.48. The summed E-state index contributed by atoms with van der Waals surface area (Å²) in [6.07, 6.45) is -0.716. The van der Waals surface area contributed by atoms with E-state index >= 15 is 0 Å². The first-order valence-electron chi connectivity index (χ1n) is 5.07. The van der Waals surface area contributed by atoms with Gasteiger partial charge in [-0.25, -0.2) is 13.6 Å². The fourth-order valence-corrected chi connectivity index (χ4v) is 2.13. The SMILES string of the molecule is COc1ccc(NCC(O)CCl)cc1S(N)(=O)=O. The zero-order chi connectivity index (χ0) is 13.8. The van der Waals surface area contributed by atoms with Gasteiger partial charge >= 0.3 is 0 Å². The van der Waals surface area contributed by atoms with E-state index in [-0.39, 0.29) is 23.1 Å². The molecule has 1 rings (SSSR count). The number of anilines is 1. The topological polar surface area (TPSA) is 102 Å². The van der Waals surface area contributed by atoms with E-state index in [4.69, 9.17) is 21.5 Å². The number of sulfonamides is 1. The third-order valence-electron chi connectivity index (χ3n) is 2.19. The van der Waals surface area contributed by atoms with Crippen LogP contribution >= 0.6 is 11.6 Å². The molecule has 0 heterocycles. The molecule has 1 aromatic carbocycles. The second-order valence-corrected chi connectivity index (χ2v) is 5.44. The van der Waals surface area contributed by atoms with Crippen molar-refractivity contribution in [3.8, 4) is 5.75 Å². The molecule has 4 N–H and O–H groups in total. The molecular formula is C10H15ClN2O4S. The van der Waals surface area contributed by atoms with E-state index in [2.05, 4.69) is 5.32 Å². The van der Waals surface area contributed by atoms with Gasteiger partial charge in [0.05, 0.1) is 19.1 Å². The normalized spacial score (nSPS) is 13.1. The highest BCUT2D eigenvalue weighted by Gasteiger charge is 2.15. The molecule has 102 valence electrons. The molecule has 0 spiro atoms. The summed E-state index contributed by atoms with van der Waals surface area (Å²) >= 11 is 5.44. The second kappa shape index (κ2) is 6.24. The van der Waals surface area contributed by atoms with Crippen LogP contribution in [0.15, 0.2) is 23.1 Å². The van der Waals surface area contributed by atoms with Crippen LogP contribution in [0.5, 0.6) is 5.75 Å². The number of alkyl halides is 1.